The zero-order valence-electron chi connectivity index (χ0n) is 5.21. The van der Waals surface area contributed by atoms with Crippen LogP contribution in [0.15, 0.2) is 4.34 Å². The van der Waals surface area contributed by atoms with Crippen molar-refractivity contribution in [2.45, 2.75) is 4.34 Å². The van der Waals surface area contributed by atoms with Gasteiger partial charge in [-0.3, -0.25) is 0 Å². The Labute approximate surface area is 61.9 Å². The summed E-state index contributed by atoms with van der Waals surface area (Å²) in [5, 5.41) is 11.5. The van der Waals surface area contributed by atoms with Crippen molar-refractivity contribution >= 4 is 28.2 Å². The van der Waals surface area contributed by atoms with E-state index in [1.54, 1.807) is 23.1 Å². The van der Waals surface area contributed by atoms with Gasteiger partial charge in [-0.05, 0) is 6.26 Å². The molecule has 0 aliphatic rings. The van der Waals surface area contributed by atoms with Crippen molar-refractivity contribution in [1.29, 1.82) is 0 Å². The van der Waals surface area contributed by atoms with Crippen LogP contribution in [0.4, 0.5) is 5.13 Å². The van der Waals surface area contributed by atoms with Crippen molar-refractivity contribution in [2.75, 3.05) is 18.6 Å². The number of thioether (sulfide) groups is 1. The van der Waals surface area contributed by atoms with Gasteiger partial charge in [0.15, 0.2) is 4.34 Å². The third kappa shape index (κ3) is 1.56. The molecule has 0 saturated carbocycles. The fourth-order valence-corrected chi connectivity index (χ4v) is 1.52. The highest BCUT2D eigenvalue weighted by atomic mass is 32.2. The molecule has 0 aromatic carbocycles. The van der Waals surface area contributed by atoms with Gasteiger partial charge in [0.25, 0.3) is 0 Å². The highest BCUT2D eigenvalue weighted by Gasteiger charge is 1.97. The van der Waals surface area contributed by atoms with E-state index >= 15 is 0 Å². The number of hydrogen-bond acceptors (Lipinski definition) is 5. The average Bonchev–Trinajstić information content (AvgIpc) is 2.34. The van der Waals surface area contributed by atoms with Crippen LogP contribution in [-0.4, -0.2) is 23.5 Å². The molecule has 0 radical (unpaired) electrons. The van der Waals surface area contributed by atoms with Crippen LogP contribution < -0.4 is 5.32 Å². The Kier molecular flexibility index (Phi) is 2.29. The van der Waals surface area contributed by atoms with E-state index in [1.807, 2.05) is 13.3 Å². The SMILES string of the molecule is CNc1nnc(SC)s1. The van der Waals surface area contributed by atoms with E-state index in [9.17, 15) is 0 Å². The molecule has 0 fully saturated rings. The van der Waals surface area contributed by atoms with E-state index in [-0.39, 0.29) is 0 Å². The molecule has 1 aromatic rings. The Morgan fingerprint density at radius 1 is 1.56 bits per heavy atom. The maximum absolute atomic E-state index is 3.87. The molecular formula is C4H7N3S2. The molecule has 1 rings (SSSR count). The van der Waals surface area contributed by atoms with Crippen molar-refractivity contribution < 1.29 is 0 Å². The zero-order valence-corrected chi connectivity index (χ0v) is 6.84. The van der Waals surface area contributed by atoms with Crippen LogP contribution in [0.25, 0.3) is 0 Å². The van der Waals surface area contributed by atoms with Crippen molar-refractivity contribution in [3.63, 3.8) is 0 Å². The Bertz CT molecular complexity index is 167. The molecule has 0 spiro atoms. The van der Waals surface area contributed by atoms with Gasteiger partial charge in [-0.25, -0.2) is 0 Å². The molecule has 0 bridgehead atoms. The Balaban J connectivity index is 2.74. The summed E-state index contributed by atoms with van der Waals surface area (Å²) in [5.74, 6) is 0. The summed E-state index contributed by atoms with van der Waals surface area (Å²) < 4.78 is 0.999. The lowest BCUT2D eigenvalue weighted by atomic mass is 11.1. The summed E-state index contributed by atoms with van der Waals surface area (Å²) in [6.45, 7) is 0. The maximum Gasteiger partial charge on any atom is 0.206 e. The highest BCUT2D eigenvalue weighted by molar-refractivity contribution is 8.00. The van der Waals surface area contributed by atoms with Gasteiger partial charge in [-0.2, -0.15) is 0 Å². The number of rotatable bonds is 2. The molecule has 0 amide bonds. The number of nitrogens with zero attached hydrogens (tertiary/aromatic N) is 2. The quantitative estimate of drug-likeness (QED) is 0.663. The Morgan fingerprint density at radius 3 is 2.67 bits per heavy atom. The second-order valence-electron chi connectivity index (χ2n) is 1.33. The Hall–Kier alpha value is -0.290. The summed E-state index contributed by atoms with van der Waals surface area (Å²) >= 11 is 3.17. The molecule has 0 atom stereocenters. The van der Waals surface area contributed by atoms with Crippen LogP contribution in [-0.2, 0) is 0 Å². The molecule has 1 N–H and O–H groups in total. The van der Waals surface area contributed by atoms with Gasteiger partial charge in [0, 0.05) is 7.05 Å². The van der Waals surface area contributed by atoms with Gasteiger partial charge >= 0.3 is 0 Å². The number of hydrogen-bond donors (Lipinski definition) is 1. The number of anilines is 1. The van der Waals surface area contributed by atoms with Crippen molar-refractivity contribution in [3.05, 3.63) is 0 Å². The molecule has 0 unspecified atom stereocenters. The molecule has 0 aliphatic carbocycles. The summed E-state index contributed by atoms with van der Waals surface area (Å²) in [7, 11) is 1.84. The fraction of sp³-hybridized carbons (Fsp3) is 0.500. The highest BCUT2D eigenvalue weighted by Crippen LogP contribution is 2.22. The zero-order chi connectivity index (χ0) is 6.69. The second-order valence-corrected chi connectivity index (χ2v) is 3.36. The molecule has 1 aromatic heterocycles. The van der Waals surface area contributed by atoms with Crippen LogP contribution in [0.3, 0.4) is 0 Å². The number of aromatic nitrogens is 2. The first-order valence-corrected chi connectivity index (χ1v) is 4.46. The van der Waals surface area contributed by atoms with Gasteiger partial charge < -0.3 is 5.32 Å². The summed E-state index contributed by atoms with van der Waals surface area (Å²) in [6, 6.07) is 0. The standard InChI is InChI=1S/C4H7N3S2/c1-5-3-6-7-4(8-2)9-3/h1-2H3,(H,5,6). The minimum Gasteiger partial charge on any atom is -0.363 e. The van der Waals surface area contributed by atoms with E-state index in [0.29, 0.717) is 0 Å². The molecule has 9 heavy (non-hydrogen) atoms. The summed E-state index contributed by atoms with van der Waals surface area (Å²) in [6.07, 6.45) is 1.99. The third-order valence-corrected chi connectivity index (χ3v) is 2.71. The topological polar surface area (TPSA) is 37.8 Å². The lowest BCUT2D eigenvalue weighted by molar-refractivity contribution is 1.01. The molecule has 1 heterocycles. The van der Waals surface area contributed by atoms with Crippen molar-refractivity contribution in [2.24, 2.45) is 0 Å². The average molecular weight is 161 g/mol. The second kappa shape index (κ2) is 3.03. The normalized spacial score (nSPS) is 9.56. The van der Waals surface area contributed by atoms with Crippen LogP contribution in [0.2, 0.25) is 0 Å². The number of nitrogens with one attached hydrogen (secondary N) is 1. The van der Waals surface area contributed by atoms with Crippen LogP contribution in [0.5, 0.6) is 0 Å². The molecule has 0 aliphatic heterocycles. The lowest BCUT2D eigenvalue weighted by Gasteiger charge is -1.83. The maximum atomic E-state index is 3.87. The van der Waals surface area contributed by atoms with E-state index in [2.05, 4.69) is 15.5 Å². The fourth-order valence-electron chi connectivity index (χ4n) is 0.393. The molecule has 0 saturated heterocycles. The van der Waals surface area contributed by atoms with E-state index in [0.717, 1.165) is 9.47 Å². The van der Waals surface area contributed by atoms with Gasteiger partial charge in [-0.15, -0.1) is 10.2 Å². The Morgan fingerprint density at radius 2 is 2.33 bits per heavy atom. The predicted molar refractivity (Wildman–Crippen MR) is 41.2 cm³/mol. The summed E-state index contributed by atoms with van der Waals surface area (Å²) in [4.78, 5) is 0. The monoisotopic (exact) mass is 161 g/mol. The predicted octanol–water partition coefficient (Wildman–Crippen LogP) is 1.30. The molecule has 5 heteroatoms. The minimum atomic E-state index is 0.874. The molecule has 3 nitrogen and oxygen atoms in total. The third-order valence-electron chi connectivity index (χ3n) is 0.795. The smallest absolute Gasteiger partial charge is 0.206 e. The van der Waals surface area contributed by atoms with E-state index in [4.69, 9.17) is 0 Å². The van der Waals surface area contributed by atoms with Gasteiger partial charge in [0.05, 0.1) is 0 Å². The van der Waals surface area contributed by atoms with Gasteiger partial charge in [-0.1, -0.05) is 23.1 Å². The summed E-state index contributed by atoms with van der Waals surface area (Å²) in [5.41, 5.74) is 0. The first-order valence-electron chi connectivity index (χ1n) is 2.42. The van der Waals surface area contributed by atoms with Crippen LogP contribution >= 0.6 is 23.1 Å². The first-order chi connectivity index (χ1) is 4.36. The van der Waals surface area contributed by atoms with E-state index < -0.39 is 0 Å². The van der Waals surface area contributed by atoms with Crippen molar-refractivity contribution in [1.82, 2.24) is 10.2 Å². The van der Waals surface area contributed by atoms with Crippen LogP contribution in [0, 0.1) is 0 Å². The van der Waals surface area contributed by atoms with Crippen molar-refractivity contribution in [3.8, 4) is 0 Å². The van der Waals surface area contributed by atoms with Gasteiger partial charge in [0.1, 0.15) is 0 Å². The first kappa shape index (κ1) is 6.82. The van der Waals surface area contributed by atoms with Gasteiger partial charge in [0.2, 0.25) is 5.13 Å². The van der Waals surface area contributed by atoms with E-state index in [1.165, 1.54) is 0 Å². The molecule has 50 valence electrons. The largest absolute Gasteiger partial charge is 0.363 e. The molecular weight excluding hydrogens is 154 g/mol. The lowest BCUT2D eigenvalue weighted by Crippen LogP contribution is -1.84. The minimum absolute atomic E-state index is 0.874. The van der Waals surface area contributed by atoms with Crippen LogP contribution in [0.1, 0.15) is 0 Å².